The molecule has 1 aliphatic carbocycles. The largest absolute Gasteiger partial charge is 0.338 e. The average molecular weight is 351 g/mol. The van der Waals surface area contributed by atoms with Crippen LogP contribution in [0.1, 0.15) is 47.4 Å². The first-order valence-electron chi connectivity index (χ1n) is 10.0. The van der Waals surface area contributed by atoms with Gasteiger partial charge in [-0.1, -0.05) is 67.1 Å². The number of hydrogen-bond acceptors (Lipinski definition) is 1. The molecule has 0 aromatic heterocycles. The molecule has 3 aromatic carbocycles. The molecule has 1 heterocycles. The molecule has 27 heavy (non-hydrogen) atoms. The zero-order valence-corrected chi connectivity index (χ0v) is 15.8. The van der Waals surface area contributed by atoms with E-state index in [1.807, 2.05) is 0 Å². The van der Waals surface area contributed by atoms with Gasteiger partial charge >= 0.3 is 0 Å². The minimum Gasteiger partial charge on any atom is -0.338 e. The molecule has 2 atom stereocenters. The van der Waals surface area contributed by atoms with Gasteiger partial charge in [0, 0.05) is 23.3 Å². The standard InChI is InChI=1S/C26H25N/c1-19-8-5-6-9-21(19)16-14-20-15-17-26-24(18-20)23-12-7-13-25(23)27(26)22-10-3-2-4-11-22/h2-6,8-11,14-18,23,25H,7,12-13H2,1H3. The van der Waals surface area contributed by atoms with Crippen molar-refractivity contribution in [2.24, 2.45) is 0 Å². The Bertz CT molecular complexity index is 986. The van der Waals surface area contributed by atoms with E-state index >= 15 is 0 Å². The van der Waals surface area contributed by atoms with E-state index < -0.39 is 0 Å². The summed E-state index contributed by atoms with van der Waals surface area (Å²) in [6.45, 7) is 2.17. The highest BCUT2D eigenvalue weighted by molar-refractivity contribution is 5.77. The normalized spacial score (nSPS) is 20.9. The molecule has 1 saturated carbocycles. The molecule has 0 radical (unpaired) electrons. The van der Waals surface area contributed by atoms with Crippen molar-refractivity contribution in [2.75, 3.05) is 4.90 Å². The van der Waals surface area contributed by atoms with Gasteiger partial charge in [-0.05, 0) is 66.3 Å². The number of rotatable bonds is 3. The highest BCUT2D eigenvalue weighted by Gasteiger charge is 2.41. The van der Waals surface area contributed by atoms with Gasteiger partial charge in [0.05, 0.1) is 0 Å². The van der Waals surface area contributed by atoms with Crippen LogP contribution in [0, 0.1) is 6.92 Å². The minimum atomic E-state index is 0.623. The molecule has 3 aromatic rings. The Morgan fingerprint density at radius 3 is 2.52 bits per heavy atom. The molecule has 0 bridgehead atoms. The third kappa shape index (κ3) is 2.88. The number of aryl methyl sites for hydroxylation is 1. The lowest BCUT2D eigenvalue weighted by atomic mass is 9.95. The SMILES string of the molecule is Cc1ccccc1C=Cc1ccc2c(c1)C1CCCC1N2c1ccccc1. The molecular formula is C26H25N. The van der Waals surface area contributed by atoms with Crippen LogP contribution in [0.3, 0.4) is 0 Å². The lowest BCUT2D eigenvalue weighted by Gasteiger charge is -2.27. The Hall–Kier alpha value is -2.80. The van der Waals surface area contributed by atoms with Crippen molar-refractivity contribution in [3.63, 3.8) is 0 Å². The number of anilines is 2. The summed E-state index contributed by atoms with van der Waals surface area (Å²) in [7, 11) is 0. The number of nitrogens with zero attached hydrogens (tertiary/aromatic N) is 1. The Morgan fingerprint density at radius 1 is 0.852 bits per heavy atom. The molecule has 1 aliphatic heterocycles. The first-order chi connectivity index (χ1) is 13.3. The number of para-hydroxylation sites is 1. The van der Waals surface area contributed by atoms with E-state index in [-0.39, 0.29) is 0 Å². The highest BCUT2D eigenvalue weighted by Crippen LogP contribution is 2.52. The molecule has 2 unspecified atom stereocenters. The van der Waals surface area contributed by atoms with Crippen LogP contribution in [0.15, 0.2) is 72.8 Å². The summed E-state index contributed by atoms with van der Waals surface area (Å²) in [5.41, 5.74) is 8.19. The molecule has 1 nitrogen and oxygen atoms in total. The molecular weight excluding hydrogens is 326 g/mol. The van der Waals surface area contributed by atoms with E-state index in [1.54, 1.807) is 0 Å². The maximum absolute atomic E-state index is 2.59. The van der Waals surface area contributed by atoms with Crippen molar-refractivity contribution in [2.45, 2.75) is 38.1 Å². The second kappa shape index (κ2) is 6.74. The maximum atomic E-state index is 2.59. The predicted molar refractivity (Wildman–Crippen MR) is 116 cm³/mol. The van der Waals surface area contributed by atoms with Gasteiger partial charge in [0.15, 0.2) is 0 Å². The first kappa shape index (κ1) is 16.4. The Labute approximate surface area is 162 Å². The van der Waals surface area contributed by atoms with Gasteiger partial charge in [0.25, 0.3) is 0 Å². The first-order valence-corrected chi connectivity index (χ1v) is 10.0. The van der Waals surface area contributed by atoms with Crippen LogP contribution in [0.5, 0.6) is 0 Å². The summed E-state index contributed by atoms with van der Waals surface area (Å²) in [5, 5.41) is 0. The second-order valence-corrected chi connectivity index (χ2v) is 7.82. The van der Waals surface area contributed by atoms with E-state index in [2.05, 4.69) is 96.8 Å². The zero-order valence-electron chi connectivity index (χ0n) is 15.8. The summed E-state index contributed by atoms with van der Waals surface area (Å²) < 4.78 is 0. The molecule has 5 rings (SSSR count). The van der Waals surface area contributed by atoms with E-state index in [0.717, 1.165) is 0 Å². The van der Waals surface area contributed by atoms with Crippen LogP contribution in [-0.2, 0) is 0 Å². The summed E-state index contributed by atoms with van der Waals surface area (Å²) in [6, 6.07) is 27.1. The average Bonchev–Trinajstić information content (AvgIpc) is 3.29. The summed E-state index contributed by atoms with van der Waals surface area (Å²) in [5.74, 6) is 0.673. The Morgan fingerprint density at radius 2 is 1.67 bits per heavy atom. The van der Waals surface area contributed by atoms with Gasteiger partial charge in [-0.2, -0.15) is 0 Å². The number of hydrogen-bond donors (Lipinski definition) is 0. The van der Waals surface area contributed by atoms with Crippen molar-refractivity contribution in [1.29, 1.82) is 0 Å². The van der Waals surface area contributed by atoms with Gasteiger partial charge in [-0.25, -0.2) is 0 Å². The van der Waals surface area contributed by atoms with Gasteiger partial charge in [-0.15, -0.1) is 0 Å². The van der Waals surface area contributed by atoms with E-state index in [0.29, 0.717) is 12.0 Å². The number of benzene rings is 3. The highest BCUT2D eigenvalue weighted by atomic mass is 15.2. The van der Waals surface area contributed by atoms with Crippen LogP contribution < -0.4 is 4.90 Å². The molecule has 0 amide bonds. The monoisotopic (exact) mass is 351 g/mol. The Balaban J connectivity index is 1.52. The fraction of sp³-hybridized carbons (Fsp3) is 0.231. The third-order valence-electron chi connectivity index (χ3n) is 6.20. The van der Waals surface area contributed by atoms with Crippen LogP contribution in [0.25, 0.3) is 12.2 Å². The van der Waals surface area contributed by atoms with E-state index in [4.69, 9.17) is 0 Å². The molecule has 0 saturated heterocycles. The smallest absolute Gasteiger partial charge is 0.0450 e. The molecule has 1 heteroatoms. The van der Waals surface area contributed by atoms with Gasteiger partial charge in [0.2, 0.25) is 0 Å². The molecule has 0 spiro atoms. The minimum absolute atomic E-state index is 0.623. The predicted octanol–water partition coefficient (Wildman–Crippen LogP) is 6.95. The quantitative estimate of drug-likeness (QED) is 0.461. The van der Waals surface area contributed by atoms with Crippen molar-refractivity contribution in [1.82, 2.24) is 0 Å². The lowest BCUT2D eigenvalue weighted by molar-refractivity contribution is 0.642. The summed E-state index contributed by atoms with van der Waals surface area (Å²) in [6.07, 6.45) is 8.45. The van der Waals surface area contributed by atoms with Gasteiger partial charge in [-0.3, -0.25) is 0 Å². The maximum Gasteiger partial charge on any atom is 0.0450 e. The van der Waals surface area contributed by atoms with Gasteiger partial charge < -0.3 is 4.90 Å². The summed E-state index contributed by atoms with van der Waals surface area (Å²) in [4.78, 5) is 2.59. The van der Waals surface area contributed by atoms with Crippen LogP contribution in [0.2, 0.25) is 0 Å². The van der Waals surface area contributed by atoms with Crippen LogP contribution in [0.4, 0.5) is 11.4 Å². The van der Waals surface area contributed by atoms with Crippen LogP contribution >= 0.6 is 0 Å². The summed E-state index contributed by atoms with van der Waals surface area (Å²) >= 11 is 0. The zero-order chi connectivity index (χ0) is 18.2. The van der Waals surface area contributed by atoms with Crippen LogP contribution in [-0.4, -0.2) is 6.04 Å². The van der Waals surface area contributed by atoms with Crippen molar-refractivity contribution < 1.29 is 0 Å². The lowest BCUT2D eigenvalue weighted by Crippen LogP contribution is -2.26. The number of fused-ring (bicyclic) bond motifs is 3. The fourth-order valence-electron chi connectivity index (χ4n) is 4.86. The van der Waals surface area contributed by atoms with E-state index in [1.165, 1.54) is 52.9 Å². The fourth-order valence-corrected chi connectivity index (χ4v) is 4.86. The van der Waals surface area contributed by atoms with Crippen molar-refractivity contribution >= 4 is 23.5 Å². The van der Waals surface area contributed by atoms with Crippen molar-refractivity contribution in [3.8, 4) is 0 Å². The molecule has 1 fully saturated rings. The van der Waals surface area contributed by atoms with Crippen molar-refractivity contribution in [3.05, 3.63) is 95.1 Å². The Kier molecular flexibility index (Phi) is 4.09. The molecule has 0 N–H and O–H groups in total. The van der Waals surface area contributed by atoms with E-state index in [9.17, 15) is 0 Å². The topological polar surface area (TPSA) is 3.24 Å². The second-order valence-electron chi connectivity index (χ2n) is 7.82. The third-order valence-corrected chi connectivity index (χ3v) is 6.20. The molecule has 2 aliphatic rings. The molecule has 134 valence electrons. The van der Waals surface area contributed by atoms with Gasteiger partial charge in [0.1, 0.15) is 0 Å².